The number of hydrogen-bond donors (Lipinski definition) is 3. The zero-order valence-corrected chi connectivity index (χ0v) is 54.5. The lowest BCUT2D eigenvalue weighted by molar-refractivity contribution is 0.430. The third kappa shape index (κ3) is 16.0. The van der Waals surface area contributed by atoms with E-state index in [1.807, 2.05) is 36.0 Å². The number of aryl methyl sites for hydroxylation is 1. The highest BCUT2D eigenvalue weighted by atomic mass is 32.1. The number of rotatable bonds is 0. The normalized spacial score (nSPS) is 13.1. The van der Waals surface area contributed by atoms with Crippen molar-refractivity contribution < 1.29 is 4.42 Å². The number of H-pyrrole nitrogens is 2. The van der Waals surface area contributed by atoms with Gasteiger partial charge in [0.25, 0.3) is 0 Å². The third-order valence-electron chi connectivity index (χ3n) is 15.5. The van der Waals surface area contributed by atoms with Crippen LogP contribution in [0.5, 0.6) is 0 Å². The average molecular weight is 1140 g/mol. The second-order valence-electron chi connectivity index (χ2n) is 28.9. The number of pyridine rings is 1. The lowest BCUT2D eigenvalue weighted by atomic mass is 9.85. The number of furan rings is 1. The summed E-state index contributed by atoms with van der Waals surface area (Å²) < 4.78 is 7.00. The molecule has 7 heteroatoms. The summed E-state index contributed by atoms with van der Waals surface area (Å²) in [4.78, 5) is 15.3. The maximum atomic E-state index is 5.73. The lowest BCUT2D eigenvalue weighted by Gasteiger charge is -2.25. The van der Waals surface area contributed by atoms with Crippen molar-refractivity contribution in [3.05, 3.63) is 232 Å². The molecule has 6 nitrogen and oxygen atoms in total. The maximum absolute atomic E-state index is 5.73. The molecule has 13 rings (SSSR count). The third-order valence-corrected chi connectivity index (χ3v) is 16.4. The van der Waals surface area contributed by atoms with Crippen LogP contribution in [0.2, 0.25) is 0 Å². The molecule has 0 spiro atoms. The number of nitrogens with one attached hydrogen (secondary N) is 3. The van der Waals surface area contributed by atoms with Crippen LogP contribution in [0.15, 0.2) is 186 Å². The van der Waals surface area contributed by atoms with Gasteiger partial charge >= 0.3 is 0 Å². The Labute approximate surface area is 506 Å². The monoisotopic (exact) mass is 1140 g/mol. The molecule has 0 bridgehead atoms. The Hall–Kier alpha value is -7.48. The van der Waals surface area contributed by atoms with Crippen molar-refractivity contribution in [3.8, 4) is 11.1 Å². The number of fused-ring (bicyclic) bond motifs is 8. The minimum atomic E-state index is 0.0962. The van der Waals surface area contributed by atoms with Crippen molar-refractivity contribution in [2.24, 2.45) is 0 Å². The first-order valence-electron chi connectivity index (χ1n) is 30.0. The molecule has 11 aromatic rings. The Morgan fingerprint density at radius 3 is 1.68 bits per heavy atom. The van der Waals surface area contributed by atoms with E-state index >= 15 is 0 Å². The summed E-state index contributed by atoms with van der Waals surface area (Å²) in [5.74, 6) is 1.05. The molecule has 84 heavy (non-hydrogen) atoms. The molecule has 1 aliphatic heterocycles. The van der Waals surface area contributed by atoms with Crippen molar-refractivity contribution in [1.29, 1.82) is 0 Å². The van der Waals surface area contributed by atoms with Crippen molar-refractivity contribution in [2.75, 3.05) is 5.32 Å². The number of benzene rings is 6. The Kier molecular flexibility index (Phi) is 18.6. The molecular weight excluding hydrogens is 1040 g/mol. The fourth-order valence-corrected chi connectivity index (χ4v) is 10.7. The zero-order chi connectivity index (χ0) is 61.0. The molecule has 438 valence electrons. The predicted octanol–water partition coefficient (Wildman–Crippen LogP) is 22.1. The van der Waals surface area contributed by atoms with E-state index in [4.69, 9.17) is 4.42 Å². The first kappa shape index (κ1) is 62.6. The van der Waals surface area contributed by atoms with Crippen molar-refractivity contribution in [1.82, 2.24) is 19.9 Å². The summed E-state index contributed by atoms with van der Waals surface area (Å²) in [6.07, 6.45) is 5.08. The standard InChI is InChI=1S/C17H18.C14H19N.C12H15N.C12H14O.C11H14N2.C11H13NS/c1-17(2,3)14-8-9-16-13(11-14)10-12-6-4-5-7-15(12)16;1-10-5-6-11-7-8-12(14(2,3)4)9-13(11)15-10;2*1-12(2,3)11-8-9-6-4-5-7-10(9)13-11;1-11(2,3)9-7-8-5-4-6-12-10(8)13-9;1-11(2,3)8-4-5-10-9(6-8)12-7-13-10/h4-9,11H,10H2,1-3H3;7-9,15H,1,5-6H2,2-4H3;4-8,13H,1-3H3;4-8H,1-3H3;4-7H,1-3H3,(H,12,13);4-7H,1-3H3. The van der Waals surface area contributed by atoms with Crippen molar-refractivity contribution in [3.63, 3.8) is 0 Å². The highest BCUT2D eigenvalue weighted by Crippen LogP contribution is 2.39. The van der Waals surface area contributed by atoms with Crippen LogP contribution in [-0.2, 0) is 45.3 Å². The number of para-hydroxylation sites is 2. The van der Waals surface area contributed by atoms with E-state index in [0.717, 1.165) is 47.5 Å². The second kappa shape index (κ2) is 25.0. The molecule has 2 aliphatic rings. The minimum Gasteiger partial charge on any atom is -0.461 e. The molecule has 0 saturated carbocycles. The first-order chi connectivity index (χ1) is 39.3. The number of hydrogen-bond acceptors (Lipinski definition) is 5. The zero-order valence-electron chi connectivity index (χ0n) is 53.7. The quantitative estimate of drug-likeness (QED) is 0.141. The van der Waals surface area contributed by atoms with Crippen LogP contribution in [0, 0.1) is 0 Å². The van der Waals surface area contributed by atoms with Crippen LogP contribution in [0.4, 0.5) is 5.69 Å². The van der Waals surface area contributed by atoms with Crippen molar-refractivity contribution >= 4 is 60.1 Å². The topological polar surface area (TPSA) is 82.5 Å². The van der Waals surface area contributed by atoms with Gasteiger partial charge in [-0.25, -0.2) is 9.97 Å². The molecule has 6 aromatic carbocycles. The first-order valence-corrected chi connectivity index (χ1v) is 30.8. The van der Waals surface area contributed by atoms with Gasteiger partial charge in [-0.05, 0) is 146 Å². The van der Waals surface area contributed by atoms with Crippen molar-refractivity contribution in [2.45, 2.75) is 176 Å². The van der Waals surface area contributed by atoms with Gasteiger partial charge in [0.05, 0.1) is 15.7 Å². The maximum Gasteiger partial charge on any atom is 0.137 e. The van der Waals surface area contributed by atoms with Crippen LogP contribution >= 0.6 is 11.3 Å². The fourth-order valence-electron chi connectivity index (χ4n) is 10.0. The molecule has 0 amide bonds. The second-order valence-corrected chi connectivity index (χ2v) is 29.8. The van der Waals surface area contributed by atoms with Crippen LogP contribution in [-0.4, -0.2) is 19.9 Å². The smallest absolute Gasteiger partial charge is 0.137 e. The summed E-state index contributed by atoms with van der Waals surface area (Å²) >= 11 is 1.70. The van der Waals surface area contributed by atoms with Crippen LogP contribution < -0.4 is 5.32 Å². The fraction of sp³-hybridized carbons (Fsp3) is 0.351. The largest absolute Gasteiger partial charge is 0.461 e. The number of nitrogens with zero attached hydrogens (tertiary/aromatic N) is 2. The van der Waals surface area contributed by atoms with Gasteiger partial charge < -0.3 is 19.7 Å². The Bertz CT molecular complexity index is 3680. The summed E-state index contributed by atoms with van der Waals surface area (Å²) in [6, 6.07) is 56.1. The minimum absolute atomic E-state index is 0.0962. The predicted molar refractivity (Wildman–Crippen MR) is 365 cm³/mol. The average Bonchev–Trinajstić information content (AvgIpc) is 4.46. The molecule has 0 radical (unpaired) electrons. The van der Waals surface area contributed by atoms with Crippen LogP contribution in [0.1, 0.15) is 182 Å². The number of aromatic nitrogens is 4. The molecule has 5 aromatic heterocycles. The molecule has 0 atom stereocenters. The lowest BCUT2D eigenvalue weighted by Crippen LogP contribution is -2.14. The molecule has 6 heterocycles. The SMILES string of the molecule is C=C1CCc2ccc(C(C)(C)C)cc2N1.CC(C)(C)c1cc2ccccc2[nH]1.CC(C)(C)c1cc2ccccc2o1.CC(C)(C)c1cc2cccnc2[nH]1.CC(C)(C)c1ccc2c(c1)Cc1ccccc1-2.CC(C)(C)c1ccc2scnc2c1. The van der Waals surface area contributed by atoms with Gasteiger partial charge in [-0.3, -0.25) is 0 Å². The van der Waals surface area contributed by atoms with Gasteiger partial charge in [-0.1, -0.05) is 228 Å². The van der Waals surface area contributed by atoms with Crippen LogP contribution in [0.25, 0.3) is 54.2 Å². The highest BCUT2D eigenvalue weighted by Gasteiger charge is 2.23. The van der Waals surface area contributed by atoms with Gasteiger partial charge in [-0.2, -0.15) is 0 Å². The van der Waals surface area contributed by atoms with E-state index in [2.05, 4.69) is 290 Å². The van der Waals surface area contributed by atoms with E-state index in [9.17, 15) is 0 Å². The van der Waals surface area contributed by atoms with E-state index in [1.54, 1.807) is 11.3 Å². The summed E-state index contributed by atoms with van der Waals surface area (Å²) in [6.45, 7) is 43.9. The Morgan fingerprint density at radius 1 is 0.452 bits per heavy atom. The van der Waals surface area contributed by atoms with Gasteiger partial charge in [0.1, 0.15) is 17.0 Å². The van der Waals surface area contributed by atoms with Gasteiger partial charge in [-0.15, -0.1) is 11.3 Å². The van der Waals surface area contributed by atoms with E-state index in [-0.39, 0.29) is 32.5 Å². The molecule has 3 N–H and O–H groups in total. The number of anilines is 1. The molecule has 0 unspecified atom stereocenters. The molecule has 0 fully saturated rings. The van der Waals surface area contributed by atoms with Gasteiger partial charge in [0.2, 0.25) is 0 Å². The highest BCUT2D eigenvalue weighted by molar-refractivity contribution is 7.16. The Morgan fingerprint density at radius 2 is 1.02 bits per heavy atom. The van der Waals surface area contributed by atoms with Crippen LogP contribution in [0.3, 0.4) is 0 Å². The number of thiazole rings is 1. The number of aromatic amines is 2. The van der Waals surface area contributed by atoms with Gasteiger partial charge in [0, 0.05) is 61.5 Å². The van der Waals surface area contributed by atoms with E-state index < -0.39 is 0 Å². The number of allylic oxidation sites excluding steroid dienone is 1. The molecule has 1 aliphatic carbocycles. The summed E-state index contributed by atoms with van der Waals surface area (Å²) in [5, 5.41) is 7.05. The molecule has 0 saturated heterocycles. The summed E-state index contributed by atoms with van der Waals surface area (Å²) in [7, 11) is 0. The Balaban J connectivity index is 0.000000132. The van der Waals surface area contributed by atoms with E-state index in [0.29, 0.717) is 0 Å². The van der Waals surface area contributed by atoms with Gasteiger partial charge in [0.15, 0.2) is 0 Å². The molecular formula is C77H93N5OS. The van der Waals surface area contributed by atoms with E-state index in [1.165, 1.54) is 88.0 Å². The summed E-state index contributed by atoms with van der Waals surface area (Å²) in [5.41, 5.74) is 23.6.